The first-order chi connectivity index (χ1) is 12.1. The summed E-state index contributed by atoms with van der Waals surface area (Å²) >= 11 is 0. The first kappa shape index (κ1) is 17.4. The zero-order valence-electron chi connectivity index (χ0n) is 14.7. The number of aromatic nitrogens is 2. The van der Waals surface area contributed by atoms with Gasteiger partial charge in [0.2, 0.25) is 11.8 Å². The predicted molar refractivity (Wildman–Crippen MR) is 90.5 cm³/mol. The minimum absolute atomic E-state index is 0.0104. The third-order valence-corrected chi connectivity index (χ3v) is 4.29. The van der Waals surface area contributed by atoms with Gasteiger partial charge in [-0.1, -0.05) is 17.3 Å². The van der Waals surface area contributed by atoms with Gasteiger partial charge in [-0.15, -0.1) is 0 Å². The van der Waals surface area contributed by atoms with Crippen molar-refractivity contribution >= 4 is 5.91 Å². The van der Waals surface area contributed by atoms with Crippen LogP contribution in [0.15, 0.2) is 28.8 Å². The molecule has 2 aromatic rings. The lowest BCUT2D eigenvalue weighted by molar-refractivity contribution is -0.134. The molecule has 2 atom stereocenters. The van der Waals surface area contributed by atoms with E-state index in [2.05, 4.69) is 21.0 Å². The molecule has 1 saturated heterocycles. The maximum absolute atomic E-state index is 12.8. The first-order valence-corrected chi connectivity index (χ1v) is 8.33. The maximum Gasteiger partial charge on any atom is 0.246 e. The average Bonchev–Trinajstić information content (AvgIpc) is 3.28. The predicted octanol–water partition coefficient (Wildman–Crippen LogP) is 1.34. The molecule has 25 heavy (non-hydrogen) atoms. The van der Waals surface area contributed by atoms with Crippen LogP contribution in [0.1, 0.15) is 36.7 Å². The summed E-state index contributed by atoms with van der Waals surface area (Å²) < 4.78 is 10.4. The monoisotopic (exact) mass is 345 g/mol. The van der Waals surface area contributed by atoms with Gasteiger partial charge in [0.25, 0.3) is 0 Å². The van der Waals surface area contributed by atoms with Crippen molar-refractivity contribution in [1.29, 1.82) is 0 Å². The summed E-state index contributed by atoms with van der Waals surface area (Å²) in [7, 11) is 1.64. The number of amides is 1. The van der Waals surface area contributed by atoms with Crippen molar-refractivity contribution < 1.29 is 14.1 Å². The summed E-state index contributed by atoms with van der Waals surface area (Å²) in [4.78, 5) is 18.7. The Morgan fingerprint density at radius 2 is 2.28 bits per heavy atom. The Hall–Kier alpha value is -2.45. The van der Waals surface area contributed by atoms with E-state index in [1.165, 1.54) is 0 Å². The molecule has 0 radical (unpaired) electrons. The lowest BCUT2D eigenvalue weighted by atomic mass is 10.0. The van der Waals surface area contributed by atoms with Crippen LogP contribution in [-0.2, 0) is 11.3 Å². The van der Waals surface area contributed by atoms with E-state index in [1.54, 1.807) is 18.9 Å². The summed E-state index contributed by atoms with van der Waals surface area (Å²) in [6.45, 7) is 4.58. The number of benzene rings is 1. The van der Waals surface area contributed by atoms with Crippen molar-refractivity contribution in [3.63, 3.8) is 0 Å². The number of methoxy groups -OCH3 is 1. The number of aryl methyl sites for hydroxylation is 1. The summed E-state index contributed by atoms with van der Waals surface area (Å²) in [5, 5.41) is 3.76. The van der Waals surface area contributed by atoms with Gasteiger partial charge in [-0.2, -0.15) is 4.98 Å². The summed E-state index contributed by atoms with van der Waals surface area (Å²) in [5.41, 5.74) is 7.38. The molecule has 3 rings (SSSR count). The van der Waals surface area contributed by atoms with Crippen LogP contribution >= 0.6 is 0 Å². The number of nitrogens with zero attached hydrogens (tertiary/aromatic N) is 3. The van der Waals surface area contributed by atoms with Crippen molar-refractivity contribution in [1.82, 2.24) is 25.9 Å². The van der Waals surface area contributed by atoms with Gasteiger partial charge in [0, 0.05) is 12.6 Å². The van der Waals surface area contributed by atoms with Crippen LogP contribution in [0.5, 0.6) is 5.75 Å². The molecule has 1 aliphatic rings. The fourth-order valence-electron chi connectivity index (χ4n) is 2.93. The number of carbonyl (C=O) groups excluding carboxylic acids is 1. The third-order valence-electron chi connectivity index (χ3n) is 4.29. The van der Waals surface area contributed by atoms with Gasteiger partial charge in [-0.25, -0.2) is 10.9 Å². The number of ether oxygens (including phenoxy) is 1. The van der Waals surface area contributed by atoms with Crippen molar-refractivity contribution in [2.75, 3.05) is 13.7 Å². The van der Waals surface area contributed by atoms with Crippen LogP contribution in [-0.4, -0.2) is 40.6 Å². The number of rotatable bonds is 6. The standard InChI is InChI=1S/C17H23N5O3/c1-4-22(10-16-18-11(2)21-25-16)17(23)15-9-14(19-20-15)12-6-5-7-13(8-12)24-3/h5-8,14-15,19-20H,4,9-10H2,1-3H3. The molecule has 1 aliphatic heterocycles. The minimum atomic E-state index is -0.305. The van der Waals surface area contributed by atoms with Gasteiger partial charge in [0.05, 0.1) is 7.11 Å². The molecule has 1 aromatic carbocycles. The zero-order chi connectivity index (χ0) is 17.8. The quantitative estimate of drug-likeness (QED) is 0.816. The Labute approximate surface area is 146 Å². The summed E-state index contributed by atoms with van der Waals surface area (Å²) in [6.07, 6.45) is 0.658. The molecule has 0 aliphatic carbocycles. The highest BCUT2D eigenvalue weighted by Gasteiger charge is 2.33. The Morgan fingerprint density at radius 1 is 1.44 bits per heavy atom. The SMILES string of the molecule is CCN(Cc1nc(C)no1)C(=O)C1CC(c2cccc(OC)c2)NN1. The fraction of sp³-hybridized carbons (Fsp3) is 0.471. The summed E-state index contributed by atoms with van der Waals surface area (Å²) in [6, 6.07) is 7.59. The number of hydrazine groups is 1. The molecule has 134 valence electrons. The number of hydrogen-bond acceptors (Lipinski definition) is 7. The van der Waals surface area contributed by atoms with Crippen molar-refractivity contribution in [2.45, 2.75) is 38.9 Å². The van der Waals surface area contributed by atoms with Crippen molar-refractivity contribution in [3.05, 3.63) is 41.5 Å². The Balaban J connectivity index is 1.64. The topological polar surface area (TPSA) is 92.5 Å². The van der Waals surface area contributed by atoms with Crippen LogP contribution in [0.2, 0.25) is 0 Å². The molecule has 1 aromatic heterocycles. The largest absolute Gasteiger partial charge is 0.497 e. The van der Waals surface area contributed by atoms with Crippen molar-refractivity contribution in [2.24, 2.45) is 0 Å². The Bertz CT molecular complexity index is 733. The molecule has 2 N–H and O–H groups in total. The first-order valence-electron chi connectivity index (χ1n) is 8.33. The van der Waals surface area contributed by atoms with Gasteiger partial charge in [-0.3, -0.25) is 4.79 Å². The van der Waals surface area contributed by atoms with E-state index in [0.717, 1.165) is 11.3 Å². The third kappa shape index (κ3) is 3.97. The molecule has 2 heterocycles. The minimum Gasteiger partial charge on any atom is -0.497 e. The van der Waals surface area contributed by atoms with E-state index in [1.807, 2.05) is 31.2 Å². The fourth-order valence-corrected chi connectivity index (χ4v) is 2.93. The van der Waals surface area contributed by atoms with Gasteiger partial charge in [-0.05, 0) is 38.0 Å². The van der Waals surface area contributed by atoms with Gasteiger partial charge >= 0.3 is 0 Å². The zero-order valence-corrected chi connectivity index (χ0v) is 14.7. The Morgan fingerprint density at radius 3 is 2.96 bits per heavy atom. The van der Waals surface area contributed by atoms with E-state index in [-0.39, 0.29) is 18.0 Å². The van der Waals surface area contributed by atoms with Gasteiger partial charge in [0.1, 0.15) is 18.3 Å². The van der Waals surface area contributed by atoms with Gasteiger partial charge < -0.3 is 14.2 Å². The number of carbonyl (C=O) groups is 1. The molecule has 1 amide bonds. The van der Waals surface area contributed by atoms with E-state index < -0.39 is 0 Å². The van der Waals surface area contributed by atoms with Crippen LogP contribution < -0.4 is 15.6 Å². The highest BCUT2D eigenvalue weighted by Crippen LogP contribution is 2.26. The van der Waals surface area contributed by atoms with E-state index in [0.29, 0.717) is 31.2 Å². The second-order valence-corrected chi connectivity index (χ2v) is 5.99. The van der Waals surface area contributed by atoms with Gasteiger partial charge in [0.15, 0.2) is 5.82 Å². The summed E-state index contributed by atoms with van der Waals surface area (Å²) in [5.74, 6) is 1.83. The second kappa shape index (κ2) is 7.62. The molecular formula is C17H23N5O3. The van der Waals surface area contributed by atoms with Crippen molar-refractivity contribution in [3.8, 4) is 5.75 Å². The number of nitrogens with one attached hydrogen (secondary N) is 2. The van der Waals surface area contributed by atoms with E-state index in [9.17, 15) is 4.79 Å². The Kier molecular flexibility index (Phi) is 5.30. The molecule has 0 bridgehead atoms. The van der Waals surface area contributed by atoms with E-state index >= 15 is 0 Å². The lowest BCUT2D eigenvalue weighted by Crippen LogP contribution is -2.45. The maximum atomic E-state index is 12.8. The average molecular weight is 345 g/mol. The second-order valence-electron chi connectivity index (χ2n) is 5.99. The molecule has 0 saturated carbocycles. The highest BCUT2D eigenvalue weighted by molar-refractivity contribution is 5.82. The van der Waals surface area contributed by atoms with E-state index in [4.69, 9.17) is 9.26 Å². The van der Waals surface area contributed by atoms with Crippen LogP contribution in [0.4, 0.5) is 0 Å². The van der Waals surface area contributed by atoms with Crippen LogP contribution in [0.3, 0.4) is 0 Å². The smallest absolute Gasteiger partial charge is 0.246 e. The number of hydrogen-bond donors (Lipinski definition) is 2. The lowest BCUT2D eigenvalue weighted by Gasteiger charge is -2.22. The molecular weight excluding hydrogens is 322 g/mol. The molecule has 0 spiro atoms. The molecule has 8 heteroatoms. The molecule has 8 nitrogen and oxygen atoms in total. The molecule has 2 unspecified atom stereocenters. The van der Waals surface area contributed by atoms with Crippen LogP contribution in [0.25, 0.3) is 0 Å². The normalized spacial score (nSPS) is 19.8. The number of likely N-dealkylation sites (N-methyl/N-ethyl adjacent to an activating group) is 1. The molecule has 1 fully saturated rings. The highest BCUT2D eigenvalue weighted by atomic mass is 16.5. The van der Waals surface area contributed by atoms with Crippen LogP contribution in [0, 0.1) is 6.92 Å².